The standard InChI is InChI=1S/C25H14ClF6N3O3/c26-15-5-1-13(2-6-15)18-12-35(34-21(18)14-3-8-17(9-4-14)37-22(27)28)23(36)33-16-7-10-20-19(11-16)24(29,30)25(31,32)38-20/h1-12,22H,(H,33,36). The molecule has 2 heterocycles. The lowest BCUT2D eigenvalue weighted by Crippen LogP contribution is -2.37. The number of fused-ring (bicyclic) bond motifs is 1. The summed E-state index contributed by atoms with van der Waals surface area (Å²) >= 11 is 5.97. The van der Waals surface area contributed by atoms with Gasteiger partial charge in [-0.3, -0.25) is 0 Å². The molecule has 0 saturated heterocycles. The van der Waals surface area contributed by atoms with Gasteiger partial charge in [-0.2, -0.15) is 36.1 Å². The molecule has 3 aromatic carbocycles. The normalized spacial score (nSPS) is 15.2. The summed E-state index contributed by atoms with van der Waals surface area (Å²) in [5, 5.41) is 7.08. The molecule has 13 heteroatoms. The summed E-state index contributed by atoms with van der Waals surface area (Å²) in [5.74, 6) is -5.38. The van der Waals surface area contributed by atoms with Crippen LogP contribution in [-0.4, -0.2) is 28.5 Å². The van der Waals surface area contributed by atoms with Crippen LogP contribution in [-0.2, 0) is 5.92 Å². The number of hydrogen-bond donors (Lipinski definition) is 1. The lowest BCUT2D eigenvalue weighted by Gasteiger charge is -2.16. The van der Waals surface area contributed by atoms with Crippen molar-refractivity contribution < 1.29 is 40.6 Å². The first-order chi connectivity index (χ1) is 17.9. The van der Waals surface area contributed by atoms with E-state index in [1.165, 1.54) is 30.5 Å². The van der Waals surface area contributed by atoms with E-state index >= 15 is 0 Å². The lowest BCUT2D eigenvalue weighted by atomic mass is 10.0. The van der Waals surface area contributed by atoms with Gasteiger partial charge in [-0.05, 0) is 60.2 Å². The molecule has 0 unspecified atom stereocenters. The van der Waals surface area contributed by atoms with E-state index in [-0.39, 0.29) is 17.1 Å². The number of amides is 1. The Hall–Kier alpha value is -4.19. The summed E-state index contributed by atoms with van der Waals surface area (Å²) in [7, 11) is 0. The van der Waals surface area contributed by atoms with Crippen molar-refractivity contribution in [2.45, 2.75) is 18.6 Å². The zero-order chi connectivity index (χ0) is 27.2. The minimum absolute atomic E-state index is 0.0862. The molecule has 4 aromatic rings. The fourth-order valence-electron chi connectivity index (χ4n) is 3.81. The number of aromatic nitrogens is 2. The molecule has 1 aliphatic heterocycles. The van der Waals surface area contributed by atoms with Crippen LogP contribution in [0.4, 0.5) is 36.8 Å². The Morgan fingerprint density at radius 1 is 0.974 bits per heavy atom. The van der Waals surface area contributed by atoms with Gasteiger partial charge in [-0.1, -0.05) is 23.7 Å². The highest BCUT2D eigenvalue weighted by molar-refractivity contribution is 6.30. The Morgan fingerprint density at radius 3 is 2.29 bits per heavy atom. The van der Waals surface area contributed by atoms with Gasteiger partial charge in [0.05, 0.1) is 5.56 Å². The molecule has 0 atom stereocenters. The summed E-state index contributed by atoms with van der Waals surface area (Å²) in [4.78, 5) is 13.0. The predicted molar refractivity (Wildman–Crippen MR) is 125 cm³/mol. The van der Waals surface area contributed by atoms with E-state index in [1.54, 1.807) is 24.3 Å². The van der Waals surface area contributed by atoms with E-state index in [4.69, 9.17) is 11.6 Å². The van der Waals surface area contributed by atoms with Crippen LogP contribution < -0.4 is 14.8 Å². The van der Waals surface area contributed by atoms with Gasteiger partial charge >= 0.3 is 24.7 Å². The summed E-state index contributed by atoms with van der Waals surface area (Å²) < 4.78 is 89.4. The van der Waals surface area contributed by atoms with E-state index in [2.05, 4.69) is 19.9 Å². The Labute approximate surface area is 215 Å². The maximum Gasteiger partial charge on any atom is 0.469 e. The van der Waals surface area contributed by atoms with Crippen molar-refractivity contribution in [3.05, 3.63) is 83.5 Å². The van der Waals surface area contributed by atoms with Gasteiger partial charge in [0.1, 0.15) is 17.2 Å². The molecule has 0 spiro atoms. The number of anilines is 1. The zero-order valence-corrected chi connectivity index (χ0v) is 19.5. The summed E-state index contributed by atoms with van der Waals surface area (Å²) in [5.41, 5.74) is 0.503. The van der Waals surface area contributed by atoms with Crippen molar-refractivity contribution in [1.29, 1.82) is 0 Å². The van der Waals surface area contributed by atoms with Crippen molar-refractivity contribution in [2.24, 2.45) is 0 Å². The van der Waals surface area contributed by atoms with Gasteiger partial charge < -0.3 is 14.8 Å². The molecule has 0 fully saturated rings. The van der Waals surface area contributed by atoms with Crippen LogP contribution in [0, 0.1) is 0 Å². The summed E-state index contributed by atoms with van der Waals surface area (Å²) in [6, 6.07) is 13.9. The van der Waals surface area contributed by atoms with Crippen LogP contribution in [0.25, 0.3) is 22.4 Å². The van der Waals surface area contributed by atoms with Crippen molar-refractivity contribution in [3.8, 4) is 33.9 Å². The highest BCUT2D eigenvalue weighted by Crippen LogP contribution is 2.53. The van der Waals surface area contributed by atoms with Crippen LogP contribution in [0.3, 0.4) is 0 Å². The van der Waals surface area contributed by atoms with Crippen LogP contribution in [0.2, 0.25) is 5.02 Å². The second-order valence-electron chi connectivity index (χ2n) is 8.08. The van der Waals surface area contributed by atoms with Crippen LogP contribution in [0.1, 0.15) is 5.56 Å². The second-order valence-corrected chi connectivity index (χ2v) is 8.52. The molecule has 5 rings (SSSR count). The van der Waals surface area contributed by atoms with Crippen LogP contribution in [0.15, 0.2) is 72.9 Å². The Morgan fingerprint density at radius 2 is 1.63 bits per heavy atom. The number of hydrogen-bond acceptors (Lipinski definition) is 4. The molecular formula is C25H14ClF6N3O3. The van der Waals surface area contributed by atoms with E-state index in [1.807, 2.05) is 0 Å². The molecule has 1 N–H and O–H groups in total. The predicted octanol–water partition coefficient (Wildman–Crippen LogP) is 7.63. The minimum Gasteiger partial charge on any atom is -0.435 e. The van der Waals surface area contributed by atoms with Gasteiger partial charge in [0.25, 0.3) is 0 Å². The SMILES string of the molecule is O=C(Nc1ccc2c(c1)C(F)(F)C(F)(F)O2)n1cc(-c2ccc(Cl)cc2)c(-c2ccc(OC(F)F)cc2)n1. The highest BCUT2D eigenvalue weighted by Gasteiger charge is 2.66. The molecule has 0 bridgehead atoms. The monoisotopic (exact) mass is 553 g/mol. The minimum atomic E-state index is -4.72. The topological polar surface area (TPSA) is 65.4 Å². The quantitative estimate of drug-likeness (QED) is 0.258. The maximum absolute atomic E-state index is 14.0. The number of rotatable bonds is 5. The first kappa shape index (κ1) is 25.5. The molecule has 1 aromatic heterocycles. The first-order valence-corrected chi connectivity index (χ1v) is 11.1. The smallest absolute Gasteiger partial charge is 0.435 e. The fourth-order valence-corrected chi connectivity index (χ4v) is 3.93. The number of halogens is 7. The average Bonchev–Trinajstić information content (AvgIpc) is 3.37. The lowest BCUT2D eigenvalue weighted by molar-refractivity contribution is -0.296. The number of ether oxygens (including phenoxy) is 2. The molecule has 38 heavy (non-hydrogen) atoms. The molecule has 0 saturated carbocycles. The average molecular weight is 554 g/mol. The van der Waals surface area contributed by atoms with Gasteiger partial charge in [-0.25, -0.2) is 4.79 Å². The third-order valence-corrected chi connectivity index (χ3v) is 5.86. The fraction of sp³-hybridized carbons (Fsp3) is 0.120. The van der Waals surface area contributed by atoms with Crippen molar-refractivity contribution >= 4 is 23.3 Å². The molecule has 0 aliphatic carbocycles. The van der Waals surface area contributed by atoms with E-state index in [0.29, 0.717) is 27.8 Å². The Kier molecular flexibility index (Phi) is 6.22. The second kappa shape index (κ2) is 9.28. The maximum atomic E-state index is 14.0. The van der Waals surface area contributed by atoms with E-state index in [9.17, 15) is 31.1 Å². The van der Waals surface area contributed by atoms with E-state index < -0.39 is 36.0 Å². The molecular weight excluding hydrogens is 540 g/mol. The molecule has 196 valence electrons. The number of carbonyl (C=O) groups is 1. The molecule has 1 amide bonds. The van der Waals surface area contributed by atoms with Crippen LogP contribution >= 0.6 is 11.6 Å². The van der Waals surface area contributed by atoms with Crippen LogP contribution in [0.5, 0.6) is 11.5 Å². The van der Waals surface area contributed by atoms with E-state index in [0.717, 1.165) is 16.8 Å². The van der Waals surface area contributed by atoms with Gasteiger partial charge in [0, 0.05) is 28.0 Å². The van der Waals surface area contributed by atoms with Gasteiger partial charge in [0.2, 0.25) is 0 Å². The molecule has 6 nitrogen and oxygen atoms in total. The first-order valence-electron chi connectivity index (χ1n) is 10.8. The van der Waals surface area contributed by atoms with Gasteiger partial charge in [0.15, 0.2) is 0 Å². The number of carbonyl (C=O) groups excluding carboxylic acids is 1. The number of nitrogens with zero attached hydrogens (tertiary/aromatic N) is 2. The number of alkyl halides is 6. The largest absolute Gasteiger partial charge is 0.469 e. The Balaban J connectivity index is 1.48. The third-order valence-electron chi connectivity index (χ3n) is 5.60. The molecule has 0 radical (unpaired) electrons. The summed E-state index contributed by atoms with van der Waals surface area (Å²) in [6.45, 7) is -3.01. The number of benzene rings is 3. The van der Waals surface area contributed by atoms with Crippen molar-refractivity contribution in [3.63, 3.8) is 0 Å². The van der Waals surface area contributed by atoms with Crippen molar-refractivity contribution in [2.75, 3.05) is 5.32 Å². The zero-order valence-electron chi connectivity index (χ0n) is 18.8. The van der Waals surface area contributed by atoms with Crippen molar-refractivity contribution in [1.82, 2.24) is 9.78 Å². The number of nitrogens with one attached hydrogen (secondary N) is 1. The Bertz CT molecular complexity index is 1510. The summed E-state index contributed by atoms with van der Waals surface area (Å²) in [6.07, 6.45) is -3.37. The highest BCUT2D eigenvalue weighted by atomic mass is 35.5. The van der Waals surface area contributed by atoms with Gasteiger partial charge in [-0.15, -0.1) is 0 Å². The molecule has 1 aliphatic rings. The third kappa shape index (κ3) is 4.62.